The van der Waals surface area contributed by atoms with Crippen molar-refractivity contribution in [3.63, 3.8) is 0 Å². The van der Waals surface area contributed by atoms with Crippen molar-refractivity contribution in [2.24, 2.45) is 0 Å². The van der Waals surface area contributed by atoms with Gasteiger partial charge in [0, 0.05) is 38.8 Å². The van der Waals surface area contributed by atoms with Gasteiger partial charge in [-0.15, -0.1) is 5.10 Å². The summed E-state index contributed by atoms with van der Waals surface area (Å²) in [6.45, 7) is 6.67. The first-order valence-electron chi connectivity index (χ1n) is 7.45. The van der Waals surface area contributed by atoms with Crippen LogP contribution in [-0.2, 0) is 6.54 Å². The second-order valence-electron chi connectivity index (χ2n) is 5.54. The van der Waals surface area contributed by atoms with Crippen molar-refractivity contribution < 1.29 is 0 Å². The first-order valence-corrected chi connectivity index (χ1v) is 7.45. The summed E-state index contributed by atoms with van der Waals surface area (Å²) >= 11 is 0. The highest BCUT2D eigenvalue weighted by atomic mass is 16.1. The van der Waals surface area contributed by atoms with E-state index in [1.165, 1.54) is 4.68 Å². The van der Waals surface area contributed by atoms with Crippen molar-refractivity contribution in [3.05, 3.63) is 34.6 Å². The molecule has 1 aromatic carbocycles. The van der Waals surface area contributed by atoms with Gasteiger partial charge >= 0.3 is 0 Å². The highest BCUT2D eigenvalue weighted by Gasteiger charge is 2.16. The van der Waals surface area contributed by atoms with Crippen molar-refractivity contribution >= 4 is 10.9 Å². The number of aromatic nitrogens is 3. The summed E-state index contributed by atoms with van der Waals surface area (Å²) in [5, 5.41) is 13.2. The van der Waals surface area contributed by atoms with E-state index in [0.29, 0.717) is 23.5 Å². The highest BCUT2D eigenvalue weighted by Crippen LogP contribution is 2.04. The van der Waals surface area contributed by atoms with Crippen LogP contribution in [-0.4, -0.2) is 52.1 Å². The number of rotatable bonds is 4. The molecule has 1 radical (unpaired) electrons. The second-order valence-corrected chi connectivity index (χ2v) is 5.54. The van der Waals surface area contributed by atoms with Crippen LogP contribution in [0.2, 0.25) is 0 Å². The third-order valence-corrected chi connectivity index (χ3v) is 3.85. The molecule has 0 bridgehead atoms. The van der Waals surface area contributed by atoms with E-state index in [0.717, 1.165) is 32.6 Å². The van der Waals surface area contributed by atoms with E-state index in [-0.39, 0.29) is 5.56 Å². The normalized spacial score (nSPS) is 20.0. The van der Waals surface area contributed by atoms with Gasteiger partial charge < -0.3 is 4.90 Å². The summed E-state index contributed by atoms with van der Waals surface area (Å²) < 4.78 is 1.47. The summed E-state index contributed by atoms with van der Waals surface area (Å²) in [6.07, 6.45) is 0.902. The zero-order chi connectivity index (χ0) is 14.7. The van der Waals surface area contributed by atoms with E-state index < -0.39 is 0 Å². The Kier molecular flexibility index (Phi) is 4.26. The van der Waals surface area contributed by atoms with Crippen LogP contribution in [0.1, 0.15) is 13.3 Å². The Morgan fingerprint density at radius 2 is 2.14 bits per heavy atom. The Balaban J connectivity index is 1.63. The topological polar surface area (TPSA) is 65.1 Å². The van der Waals surface area contributed by atoms with Gasteiger partial charge in [-0.2, -0.15) is 0 Å². The molecule has 1 aliphatic heterocycles. The maximum atomic E-state index is 12.3. The van der Waals surface area contributed by atoms with Crippen molar-refractivity contribution in [2.75, 3.05) is 26.2 Å². The minimum Gasteiger partial charge on any atom is -0.300 e. The highest BCUT2D eigenvalue weighted by molar-refractivity contribution is 5.76. The molecule has 0 spiro atoms. The molecule has 1 fully saturated rings. The third-order valence-electron chi connectivity index (χ3n) is 3.85. The zero-order valence-electron chi connectivity index (χ0n) is 12.3. The Hall–Kier alpha value is -1.79. The molecule has 1 aromatic heterocycles. The Morgan fingerprint density at radius 1 is 1.29 bits per heavy atom. The Morgan fingerprint density at radius 3 is 3.00 bits per heavy atom. The molecule has 1 aliphatic rings. The molecule has 3 rings (SSSR count). The van der Waals surface area contributed by atoms with Crippen LogP contribution in [0.25, 0.3) is 10.9 Å². The molecule has 0 N–H and O–H groups in total. The van der Waals surface area contributed by atoms with Crippen molar-refractivity contribution in [1.82, 2.24) is 25.2 Å². The molecule has 1 unspecified atom stereocenters. The molecule has 1 atom stereocenters. The number of hydrogen-bond acceptors (Lipinski definition) is 4. The van der Waals surface area contributed by atoms with Gasteiger partial charge in [0.2, 0.25) is 0 Å². The smallest absolute Gasteiger partial charge is 0.277 e. The lowest BCUT2D eigenvalue weighted by molar-refractivity contribution is 0.198. The van der Waals surface area contributed by atoms with Crippen LogP contribution < -0.4 is 10.9 Å². The minimum atomic E-state index is -0.0531. The van der Waals surface area contributed by atoms with Gasteiger partial charge in [-0.3, -0.25) is 4.79 Å². The minimum absolute atomic E-state index is 0.0531. The van der Waals surface area contributed by atoms with E-state index in [1.54, 1.807) is 6.07 Å². The number of piperazine rings is 1. The van der Waals surface area contributed by atoms with E-state index >= 15 is 0 Å². The molecule has 6 nitrogen and oxygen atoms in total. The SMILES string of the molecule is CC1CN(CCCn2nnc3ccccc3c2=O)CC[N]1. The van der Waals surface area contributed by atoms with E-state index in [2.05, 4.69) is 27.5 Å². The van der Waals surface area contributed by atoms with Crippen LogP contribution in [0.5, 0.6) is 0 Å². The molecule has 6 heteroatoms. The van der Waals surface area contributed by atoms with Crippen LogP contribution in [0.4, 0.5) is 0 Å². The van der Waals surface area contributed by atoms with Gasteiger partial charge in [-0.05, 0) is 25.5 Å². The van der Waals surface area contributed by atoms with Gasteiger partial charge in [0.15, 0.2) is 0 Å². The average molecular weight is 286 g/mol. The van der Waals surface area contributed by atoms with Crippen LogP contribution >= 0.6 is 0 Å². The summed E-state index contributed by atoms with van der Waals surface area (Å²) in [5.74, 6) is 0. The number of nitrogens with zero attached hydrogens (tertiary/aromatic N) is 5. The standard InChI is InChI=1S/C15H20N5O/c1-12-11-19(10-7-16-12)8-4-9-20-15(21)13-5-2-3-6-14(13)17-18-20/h2-3,5-6,12H,4,7-11H2,1H3. The van der Waals surface area contributed by atoms with Crippen molar-refractivity contribution in [1.29, 1.82) is 0 Å². The fraction of sp³-hybridized carbons (Fsp3) is 0.533. The number of aryl methyl sites for hydroxylation is 1. The molecule has 0 amide bonds. The Labute approximate surface area is 123 Å². The molecule has 21 heavy (non-hydrogen) atoms. The van der Waals surface area contributed by atoms with Gasteiger partial charge in [0.25, 0.3) is 5.56 Å². The van der Waals surface area contributed by atoms with E-state index in [9.17, 15) is 4.79 Å². The fourth-order valence-electron chi connectivity index (χ4n) is 2.76. The lowest BCUT2D eigenvalue weighted by Gasteiger charge is -2.30. The first kappa shape index (κ1) is 14.2. The molecule has 1 saturated heterocycles. The maximum Gasteiger partial charge on any atom is 0.277 e. The lowest BCUT2D eigenvalue weighted by Crippen LogP contribution is -2.46. The molecule has 0 saturated carbocycles. The average Bonchev–Trinajstić information content (AvgIpc) is 2.50. The molecule has 0 aliphatic carbocycles. The largest absolute Gasteiger partial charge is 0.300 e. The van der Waals surface area contributed by atoms with E-state index in [1.807, 2.05) is 18.2 Å². The molecule has 2 aromatic rings. The van der Waals surface area contributed by atoms with Gasteiger partial charge in [0.1, 0.15) is 5.52 Å². The summed E-state index contributed by atoms with van der Waals surface area (Å²) in [5.41, 5.74) is 0.604. The second kappa shape index (κ2) is 6.32. The molecular formula is C15H20N5O. The third kappa shape index (κ3) is 3.28. The van der Waals surface area contributed by atoms with Gasteiger partial charge in [-0.25, -0.2) is 10.00 Å². The molecule has 111 valence electrons. The van der Waals surface area contributed by atoms with Crippen LogP contribution in [0.3, 0.4) is 0 Å². The number of hydrogen-bond donors (Lipinski definition) is 0. The number of benzene rings is 1. The first-order chi connectivity index (χ1) is 10.2. The van der Waals surface area contributed by atoms with Crippen LogP contribution in [0.15, 0.2) is 29.1 Å². The zero-order valence-corrected chi connectivity index (χ0v) is 12.3. The Bertz CT molecular complexity index is 668. The summed E-state index contributed by atoms with van der Waals surface area (Å²) in [7, 11) is 0. The molecular weight excluding hydrogens is 266 g/mol. The monoisotopic (exact) mass is 286 g/mol. The van der Waals surface area contributed by atoms with Crippen LogP contribution in [0, 0.1) is 0 Å². The predicted molar refractivity (Wildman–Crippen MR) is 81.3 cm³/mol. The summed E-state index contributed by atoms with van der Waals surface area (Å²) in [6, 6.07) is 7.75. The van der Waals surface area contributed by atoms with Gasteiger partial charge in [-0.1, -0.05) is 17.3 Å². The van der Waals surface area contributed by atoms with Crippen molar-refractivity contribution in [3.8, 4) is 0 Å². The van der Waals surface area contributed by atoms with Gasteiger partial charge in [0.05, 0.1) is 5.39 Å². The predicted octanol–water partition coefficient (Wildman–Crippen LogP) is 0.490. The van der Waals surface area contributed by atoms with E-state index in [4.69, 9.17) is 0 Å². The summed E-state index contributed by atoms with van der Waals surface area (Å²) in [4.78, 5) is 14.7. The maximum absolute atomic E-state index is 12.3. The quantitative estimate of drug-likeness (QED) is 0.820. The molecule has 2 heterocycles. The lowest BCUT2D eigenvalue weighted by atomic mass is 10.2. The fourth-order valence-corrected chi connectivity index (χ4v) is 2.76. The number of fused-ring (bicyclic) bond motifs is 1. The van der Waals surface area contributed by atoms with Crippen molar-refractivity contribution in [2.45, 2.75) is 25.9 Å².